The Bertz CT molecular complexity index is 1740. The highest BCUT2D eigenvalue weighted by Gasteiger charge is 2.40. The van der Waals surface area contributed by atoms with Crippen molar-refractivity contribution in [1.29, 1.82) is 0 Å². The third-order valence-corrected chi connectivity index (χ3v) is 8.73. The van der Waals surface area contributed by atoms with E-state index in [-0.39, 0.29) is 4.90 Å². The molecule has 4 aromatic carbocycles. The highest BCUT2D eigenvalue weighted by molar-refractivity contribution is 7.90. The molecule has 184 valence electrons. The number of likely N-dealkylation sites (N-methyl/N-ethyl adjacent to an activating group) is 1. The number of guanidine groups is 1. The number of fused-ring (bicyclic) bond motifs is 1. The summed E-state index contributed by atoms with van der Waals surface area (Å²) in [6, 6.07) is 34.4. The Morgan fingerprint density at radius 3 is 2.16 bits per heavy atom. The first-order valence-corrected chi connectivity index (χ1v) is 13.5. The molecular weight excluding hydrogens is 480 g/mol. The minimum atomic E-state index is -3.78. The fourth-order valence-electron chi connectivity index (χ4n) is 5.16. The van der Waals surface area contributed by atoms with Gasteiger partial charge in [-0.1, -0.05) is 84.9 Å². The van der Waals surface area contributed by atoms with E-state index in [0.29, 0.717) is 18.0 Å². The number of nitrogens with zero attached hydrogens (tertiary/aromatic N) is 3. The highest BCUT2D eigenvalue weighted by Crippen LogP contribution is 2.40. The number of rotatable bonds is 5. The fourth-order valence-corrected chi connectivity index (χ4v) is 6.55. The molecule has 0 spiro atoms. The second-order valence-electron chi connectivity index (χ2n) is 9.31. The van der Waals surface area contributed by atoms with Crippen molar-refractivity contribution in [3.8, 4) is 11.1 Å². The van der Waals surface area contributed by atoms with Crippen LogP contribution in [0.3, 0.4) is 0 Å². The van der Waals surface area contributed by atoms with Gasteiger partial charge in [0, 0.05) is 24.2 Å². The molecular formula is C30H26N4O2S. The van der Waals surface area contributed by atoms with E-state index in [0.717, 1.165) is 27.6 Å². The average molecular weight is 507 g/mol. The lowest BCUT2D eigenvalue weighted by Crippen LogP contribution is -2.34. The van der Waals surface area contributed by atoms with Gasteiger partial charge in [0.05, 0.1) is 17.0 Å². The van der Waals surface area contributed by atoms with Crippen LogP contribution in [0.25, 0.3) is 22.0 Å². The lowest BCUT2D eigenvalue weighted by atomic mass is 9.82. The molecule has 1 aliphatic rings. The zero-order valence-corrected chi connectivity index (χ0v) is 21.1. The third kappa shape index (κ3) is 3.70. The van der Waals surface area contributed by atoms with Gasteiger partial charge in [0.1, 0.15) is 5.54 Å². The van der Waals surface area contributed by atoms with Gasteiger partial charge in [-0.2, -0.15) is 0 Å². The number of aromatic nitrogens is 1. The minimum Gasteiger partial charge on any atom is -0.370 e. The van der Waals surface area contributed by atoms with Crippen molar-refractivity contribution >= 4 is 26.9 Å². The Labute approximate surface area is 216 Å². The third-order valence-electron chi connectivity index (χ3n) is 7.04. The molecule has 7 heteroatoms. The Morgan fingerprint density at radius 1 is 0.811 bits per heavy atom. The van der Waals surface area contributed by atoms with Crippen LogP contribution in [0.15, 0.2) is 125 Å². The van der Waals surface area contributed by atoms with Crippen molar-refractivity contribution in [2.45, 2.75) is 10.4 Å². The molecule has 1 atom stereocenters. The molecule has 37 heavy (non-hydrogen) atoms. The lowest BCUT2D eigenvalue weighted by molar-refractivity contribution is 0.432. The van der Waals surface area contributed by atoms with Gasteiger partial charge in [-0.3, -0.25) is 0 Å². The van der Waals surface area contributed by atoms with Gasteiger partial charge >= 0.3 is 0 Å². The van der Waals surface area contributed by atoms with Crippen molar-refractivity contribution in [2.24, 2.45) is 10.7 Å². The van der Waals surface area contributed by atoms with Crippen molar-refractivity contribution in [3.05, 3.63) is 127 Å². The van der Waals surface area contributed by atoms with Crippen molar-refractivity contribution < 1.29 is 8.42 Å². The molecule has 0 fully saturated rings. The first kappa shape index (κ1) is 23.1. The zero-order valence-electron chi connectivity index (χ0n) is 20.3. The van der Waals surface area contributed by atoms with E-state index < -0.39 is 15.6 Å². The van der Waals surface area contributed by atoms with Gasteiger partial charge in [-0.05, 0) is 41.0 Å². The van der Waals surface area contributed by atoms with Crippen molar-refractivity contribution in [1.82, 2.24) is 8.87 Å². The molecule has 6 nitrogen and oxygen atoms in total. The summed E-state index contributed by atoms with van der Waals surface area (Å²) < 4.78 is 28.6. The summed E-state index contributed by atoms with van der Waals surface area (Å²) in [6.07, 6.45) is 1.72. The quantitative estimate of drug-likeness (QED) is 0.362. The van der Waals surface area contributed by atoms with Crippen LogP contribution in [0.2, 0.25) is 0 Å². The number of aliphatic imine (C=N–C) groups is 1. The number of benzene rings is 4. The zero-order chi connectivity index (χ0) is 25.6. The smallest absolute Gasteiger partial charge is 0.268 e. The number of hydrogen-bond acceptors (Lipinski definition) is 5. The normalized spacial score (nSPS) is 17.8. The molecule has 6 rings (SSSR count). The number of nitrogens with two attached hydrogens (primary N) is 1. The molecule has 0 bridgehead atoms. The van der Waals surface area contributed by atoms with Gasteiger partial charge in [-0.25, -0.2) is 17.4 Å². The lowest BCUT2D eigenvalue weighted by Gasteiger charge is -2.28. The molecule has 0 saturated carbocycles. The van der Waals surface area contributed by atoms with E-state index >= 15 is 0 Å². The molecule has 0 amide bonds. The second kappa shape index (κ2) is 8.64. The molecule has 1 aliphatic heterocycles. The van der Waals surface area contributed by atoms with E-state index in [1.165, 1.54) is 3.97 Å². The van der Waals surface area contributed by atoms with Crippen LogP contribution in [0, 0.1) is 0 Å². The average Bonchev–Trinajstić information content (AvgIpc) is 3.48. The van der Waals surface area contributed by atoms with E-state index in [9.17, 15) is 8.42 Å². The summed E-state index contributed by atoms with van der Waals surface area (Å²) in [7, 11) is -1.84. The van der Waals surface area contributed by atoms with Crippen molar-refractivity contribution in [3.63, 3.8) is 0 Å². The first-order chi connectivity index (χ1) is 17.9. The van der Waals surface area contributed by atoms with Crippen LogP contribution in [-0.2, 0) is 15.6 Å². The number of hydrogen-bond donors (Lipinski definition) is 1. The highest BCUT2D eigenvalue weighted by atomic mass is 32.2. The topological polar surface area (TPSA) is 80.7 Å². The van der Waals surface area contributed by atoms with Crippen LogP contribution in [-0.4, -0.2) is 36.8 Å². The molecule has 0 radical (unpaired) electrons. The monoisotopic (exact) mass is 506 g/mol. The Balaban J connectivity index is 1.54. The van der Waals surface area contributed by atoms with Crippen LogP contribution < -0.4 is 5.73 Å². The van der Waals surface area contributed by atoms with Crippen molar-refractivity contribution in [2.75, 3.05) is 13.6 Å². The minimum absolute atomic E-state index is 0.248. The van der Waals surface area contributed by atoms with E-state index in [4.69, 9.17) is 10.7 Å². The van der Waals surface area contributed by atoms with Crippen LogP contribution in [0.1, 0.15) is 11.1 Å². The molecule has 1 unspecified atom stereocenters. The maximum Gasteiger partial charge on any atom is 0.268 e. The van der Waals surface area contributed by atoms with E-state index in [2.05, 4.69) is 24.3 Å². The van der Waals surface area contributed by atoms with Crippen LogP contribution >= 0.6 is 0 Å². The standard InChI is InChI=1S/C30H26N4O2S/c1-33-21-30(32-29(33)31,23-12-4-2-5-13-23)24-14-10-11-22(19-24)27-20-34(28-18-9-8-17-26(27)28)37(35,36)25-15-6-3-7-16-25/h2-20H,21H2,1H3,(H2,31,32). The summed E-state index contributed by atoms with van der Waals surface area (Å²) in [5, 5.41) is 0.861. The van der Waals surface area contributed by atoms with Gasteiger partial charge < -0.3 is 10.6 Å². The molecule has 1 aromatic heterocycles. The molecule has 5 aromatic rings. The maximum atomic E-state index is 13.6. The maximum absolute atomic E-state index is 13.6. The molecule has 0 saturated heterocycles. The summed E-state index contributed by atoms with van der Waals surface area (Å²) >= 11 is 0. The summed E-state index contributed by atoms with van der Waals surface area (Å²) in [4.78, 5) is 7.15. The van der Waals surface area contributed by atoms with Gasteiger partial charge in [0.15, 0.2) is 5.96 Å². The Morgan fingerprint density at radius 2 is 1.46 bits per heavy atom. The largest absolute Gasteiger partial charge is 0.370 e. The fraction of sp³-hybridized carbons (Fsp3) is 0.100. The Hall–Kier alpha value is -4.36. The predicted octanol–water partition coefficient (Wildman–Crippen LogP) is 5.05. The van der Waals surface area contributed by atoms with Gasteiger partial charge in [-0.15, -0.1) is 0 Å². The summed E-state index contributed by atoms with van der Waals surface area (Å²) in [5.74, 6) is 0.486. The summed E-state index contributed by atoms with van der Waals surface area (Å²) in [5.41, 5.74) is 10.0. The Kier molecular flexibility index (Phi) is 5.38. The molecule has 0 aliphatic carbocycles. The van der Waals surface area contributed by atoms with Gasteiger partial charge in [0.25, 0.3) is 10.0 Å². The molecule has 2 heterocycles. The van der Waals surface area contributed by atoms with Crippen LogP contribution in [0.4, 0.5) is 0 Å². The summed E-state index contributed by atoms with van der Waals surface area (Å²) in [6.45, 7) is 0.608. The molecule has 2 N–H and O–H groups in total. The number of para-hydroxylation sites is 1. The van der Waals surface area contributed by atoms with Gasteiger partial charge in [0.2, 0.25) is 0 Å². The SMILES string of the molecule is CN1CC(c2ccccc2)(c2cccc(-c3cn(S(=O)(=O)c4ccccc4)c4ccccc34)c2)N=C1N. The first-order valence-electron chi connectivity index (χ1n) is 12.0. The predicted molar refractivity (Wildman–Crippen MR) is 148 cm³/mol. The van der Waals surface area contributed by atoms with Crippen LogP contribution in [0.5, 0.6) is 0 Å². The van der Waals surface area contributed by atoms with E-state index in [1.807, 2.05) is 72.6 Å². The second-order valence-corrected chi connectivity index (χ2v) is 11.1. The van der Waals surface area contributed by atoms with E-state index in [1.54, 1.807) is 30.5 Å².